The molecular weight excluding hydrogens is 268 g/mol. The highest BCUT2D eigenvalue weighted by Gasteiger charge is 2.13. The summed E-state index contributed by atoms with van der Waals surface area (Å²) in [4.78, 5) is 20.1. The molecule has 0 aromatic carbocycles. The first-order valence-corrected chi connectivity index (χ1v) is 6.15. The molecule has 2 aromatic rings. The van der Waals surface area contributed by atoms with E-state index >= 15 is 0 Å². The number of nitrogens with zero attached hydrogens (tertiary/aromatic N) is 4. The Morgan fingerprint density at radius 3 is 3.00 bits per heavy atom. The molecule has 0 unspecified atom stereocenters. The van der Waals surface area contributed by atoms with Crippen LogP contribution in [0.5, 0.6) is 0 Å². The van der Waals surface area contributed by atoms with Crippen molar-refractivity contribution in [2.75, 3.05) is 13.7 Å². The van der Waals surface area contributed by atoms with E-state index in [9.17, 15) is 4.79 Å². The quantitative estimate of drug-likeness (QED) is 0.614. The van der Waals surface area contributed by atoms with Crippen LogP contribution in [-0.2, 0) is 18.3 Å². The third-order valence-corrected chi connectivity index (χ3v) is 3.08. The standard InChI is InChI=1S/C12H15ClN4O2/c1-8(7-19-3)4-5-17-10-9(16(2)12(17)18)6-14-11(13)15-10/h6H,1,4-5,7H2,2-3H3. The fourth-order valence-corrected chi connectivity index (χ4v) is 2.03. The predicted octanol–water partition coefficient (Wildman–Crippen LogP) is 1.38. The molecule has 0 radical (unpaired) electrons. The molecular formula is C12H15ClN4O2. The number of rotatable bonds is 5. The van der Waals surface area contributed by atoms with Crippen LogP contribution in [0, 0.1) is 0 Å². The van der Waals surface area contributed by atoms with Crippen LogP contribution < -0.4 is 5.69 Å². The molecule has 7 heteroatoms. The zero-order valence-corrected chi connectivity index (χ0v) is 11.6. The van der Waals surface area contributed by atoms with E-state index in [4.69, 9.17) is 16.3 Å². The van der Waals surface area contributed by atoms with E-state index in [1.54, 1.807) is 24.9 Å². The molecule has 0 fully saturated rings. The monoisotopic (exact) mass is 282 g/mol. The highest BCUT2D eigenvalue weighted by molar-refractivity contribution is 6.28. The Kier molecular flexibility index (Phi) is 4.01. The summed E-state index contributed by atoms with van der Waals surface area (Å²) >= 11 is 5.78. The Bertz CT molecular complexity index is 674. The maximum atomic E-state index is 12.1. The molecule has 0 bridgehead atoms. The number of hydrogen-bond donors (Lipinski definition) is 0. The van der Waals surface area contributed by atoms with Gasteiger partial charge in [0, 0.05) is 20.7 Å². The summed E-state index contributed by atoms with van der Waals surface area (Å²) in [6.07, 6.45) is 2.20. The van der Waals surface area contributed by atoms with Gasteiger partial charge >= 0.3 is 5.69 Å². The fraction of sp³-hybridized carbons (Fsp3) is 0.417. The van der Waals surface area contributed by atoms with Gasteiger partial charge in [0.2, 0.25) is 5.28 Å². The summed E-state index contributed by atoms with van der Waals surface area (Å²) in [5.74, 6) is 0. The van der Waals surface area contributed by atoms with Crippen molar-refractivity contribution >= 4 is 22.8 Å². The Balaban J connectivity index is 2.37. The topological polar surface area (TPSA) is 61.9 Å². The second-order valence-corrected chi connectivity index (χ2v) is 4.61. The van der Waals surface area contributed by atoms with Gasteiger partial charge in [0.1, 0.15) is 5.52 Å². The average molecular weight is 283 g/mol. The fourth-order valence-electron chi connectivity index (χ4n) is 1.90. The number of aromatic nitrogens is 4. The van der Waals surface area contributed by atoms with Crippen molar-refractivity contribution < 1.29 is 4.74 Å². The summed E-state index contributed by atoms with van der Waals surface area (Å²) in [6.45, 7) is 4.86. The van der Waals surface area contributed by atoms with Crippen molar-refractivity contribution in [2.24, 2.45) is 7.05 Å². The van der Waals surface area contributed by atoms with Crippen LogP contribution in [0.2, 0.25) is 5.28 Å². The minimum atomic E-state index is -0.142. The molecule has 0 N–H and O–H groups in total. The molecule has 6 nitrogen and oxygen atoms in total. The molecule has 2 rings (SSSR count). The van der Waals surface area contributed by atoms with Crippen molar-refractivity contribution in [1.82, 2.24) is 19.1 Å². The maximum Gasteiger partial charge on any atom is 0.330 e. The van der Waals surface area contributed by atoms with Crippen LogP contribution >= 0.6 is 11.6 Å². The molecule has 0 atom stereocenters. The molecule has 0 aliphatic carbocycles. The van der Waals surface area contributed by atoms with Gasteiger partial charge in [-0.3, -0.25) is 9.13 Å². The first-order valence-electron chi connectivity index (χ1n) is 5.78. The lowest BCUT2D eigenvalue weighted by Crippen LogP contribution is -2.22. The van der Waals surface area contributed by atoms with Crippen molar-refractivity contribution in [1.29, 1.82) is 0 Å². The molecule has 0 aliphatic rings. The van der Waals surface area contributed by atoms with E-state index in [0.717, 1.165) is 5.57 Å². The second kappa shape index (κ2) is 5.54. The first-order chi connectivity index (χ1) is 9.04. The number of ether oxygens (including phenoxy) is 1. The number of halogens is 1. The summed E-state index contributed by atoms with van der Waals surface area (Å²) in [6, 6.07) is 0. The van der Waals surface area contributed by atoms with Gasteiger partial charge in [-0.05, 0) is 18.0 Å². The van der Waals surface area contributed by atoms with Gasteiger partial charge in [-0.15, -0.1) is 0 Å². The van der Waals surface area contributed by atoms with Crippen molar-refractivity contribution in [3.8, 4) is 0 Å². The van der Waals surface area contributed by atoms with E-state index in [1.165, 1.54) is 4.57 Å². The number of imidazole rings is 1. The van der Waals surface area contributed by atoms with Crippen molar-refractivity contribution in [3.63, 3.8) is 0 Å². The SMILES string of the molecule is C=C(CCn1c(=O)n(C)c2cnc(Cl)nc21)COC. The van der Waals surface area contributed by atoms with Crippen LogP contribution in [-0.4, -0.2) is 32.8 Å². The molecule has 0 spiro atoms. The Hall–Kier alpha value is -1.66. The number of fused-ring (bicyclic) bond motifs is 1. The molecule has 19 heavy (non-hydrogen) atoms. The molecule has 2 heterocycles. The summed E-state index contributed by atoms with van der Waals surface area (Å²) in [5.41, 5.74) is 1.98. The lowest BCUT2D eigenvalue weighted by atomic mass is 10.2. The maximum absolute atomic E-state index is 12.1. The van der Waals surface area contributed by atoms with Gasteiger partial charge in [0.05, 0.1) is 12.8 Å². The number of methoxy groups -OCH3 is 1. The largest absolute Gasteiger partial charge is 0.380 e. The Labute approximate surface area is 115 Å². The van der Waals surface area contributed by atoms with E-state index in [2.05, 4.69) is 16.5 Å². The van der Waals surface area contributed by atoms with E-state index in [1.807, 2.05) is 0 Å². The summed E-state index contributed by atoms with van der Waals surface area (Å²) < 4.78 is 8.07. The minimum absolute atomic E-state index is 0.127. The van der Waals surface area contributed by atoms with Crippen molar-refractivity contribution in [2.45, 2.75) is 13.0 Å². The average Bonchev–Trinajstić information content (AvgIpc) is 2.60. The van der Waals surface area contributed by atoms with Crippen LogP contribution in [0.15, 0.2) is 23.1 Å². The third kappa shape index (κ3) is 2.69. The smallest absolute Gasteiger partial charge is 0.330 e. The van der Waals surface area contributed by atoms with Crippen LogP contribution in [0.25, 0.3) is 11.2 Å². The summed E-state index contributed by atoms with van der Waals surface area (Å²) in [7, 11) is 3.30. The van der Waals surface area contributed by atoms with E-state index < -0.39 is 0 Å². The number of hydrogen-bond acceptors (Lipinski definition) is 4. The van der Waals surface area contributed by atoms with Crippen molar-refractivity contribution in [3.05, 3.63) is 34.1 Å². The van der Waals surface area contributed by atoms with Gasteiger partial charge in [-0.2, -0.15) is 4.98 Å². The highest BCUT2D eigenvalue weighted by Crippen LogP contribution is 2.12. The Morgan fingerprint density at radius 2 is 2.32 bits per heavy atom. The number of aryl methyl sites for hydroxylation is 2. The van der Waals surface area contributed by atoms with Gasteiger partial charge in [-0.1, -0.05) is 12.2 Å². The zero-order valence-electron chi connectivity index (χ0n) is 10.9. The normalized spacial score (nSPS) is 11.1. The lowest BCUT2D eigenvalue weighted by molar-refractivity contribution is 0.222. The molecule has 0 saturated heterocycles. The molecule has 0 amide bonds. The summed E-state index contributed by atoms with van der Waals surface area (Å²) in [5, 5.41) is 0.127. The van der Waals surface area contributed by atoms with Gasteiger partial charge in [-0.25, -0.2) is 9.78 Å². The van der Waals surface area contributed by atoms with Crippen LogP contribution in [0.1, 0.15) is 6.42 Å². The second-order valence-electron chi connectivity index (χ2n) is 4.27. The molecule has 0 aliphatic heterocycles. The molecule has 0 saturated carbocycles. The highest BCUT2D eigenvalue weighted by atomic mass is 35.5. The first kappa shape index (κ1) is 13.8. The molecule has 102 valence electrons. The third-order valence-electron chi connectivity index (χ3n) is 2.89. The predicted molar refractivity (Wildman–Crippen MR) is 73.4 cm³/mol. The zero-order chi connectivity index (χ0) is 14.0. The lowest BCUT2D eigenvalue weighted by Gasteiger charge is -2.05. The van der Waals surface area contributed by atoms with Gasteiger partial charge in [0.25, 0.3) is 0 Å². The minimum Gasteiger partial charge on any atom is -0.380 e. The van der Waals surface area contributed by atoms with Crippen LogP contribution in [0.3, 0.4) is 0 Å². The van der Waals surface area contributed by atoms with E-state index in [-0.39, 0.29) is 11.0 Å². The van der Waals surface area contributed by atoms with Gasteiger partial charge in [0.15, 0.2) is 5.65 Å². The van der Waals surface area contributed by atoms with E-state index in [0.29, 0.717) is 30.7 Å². The van der Waals surface area contributed by atoms with Crippen LogP contribution in [0.4, 0.5) is 0 Å². The van der Waals surface area contributed by atoms with Gasteiger partial charge < -0.3 is 4.74 Å². The molecule has 2 aromatic heterocycles. The Morgan fingerprint density at radius 1 is 1.58 bits per heavy atom.